The van der Waals surface area contributed by atoms with Crippen LogP contribution < -0.4 is 0 Å². The standard InChI is InChI=1S/C16H19N5O2/c1-12(2)22-9-8-16-18-14(20-23-16)10-15-19-17-11-21(15)13-6-4-3-5-7-13/h3-7,11-12H,8-10H2,1-2H3. The van der Waals surface area contributed by atoms with Gasteiger partial charge in [0, 0.05) is 5.69 Å². The Labute approximate surface area is 134 Å². The minimum absolute atomic E-state index is 0.196. The zero-order valence-corrected chi connectivity index (χ0v) is 13.2. The summed E-state index contributed by atoms with van der Waals surface area (Å²) in [6, 6.07) is 9.91. The third kappa shape index (κ3) is 4.01. The zero-order chi connectivity index (χ0) is 16.1. The molecule has 0 aliphatic rings. The van der Waals surface area contributed by atoms with Crippen LogP contribution in [0.25, 0.3) is 5.69 Å². The third-order valence-corrected chi connectivity index (χ3v) is 3.25. The molecule has 7 heteroatoms. The van der Waals surface area contributed by atoms with Gasteiger partial charge in [-0.3, -0.25) is 4.57 Å². The Morgan fingerprint density at radius 1 is 1.22 bits per heavy atom. The lowest BCUT2D eigenvalue weighted by Crippen LogP contribution is -2.06. The van der Waals surface area contributed by atoms with E-state index < -0.39 is 0 Å². The van der Waals surface area contributed by atoms with E-state index in [0.29, 0.717) is 31.2 Å². The van der Waals surface area contributed by atoms with Crippen molar-refractivity contribution in [2.24, 2.45) is 0 Å². The summed E-state index contributed by atoms with van der Waals surface area (Å²) in [6.45, 7) is 4.56. The Hall–Kier alpha value is -2.54. The van der Waals surface area contributed by atoms with Crippen LogP contribution in [0, 0.1) is 0 Å². The Balaban J connectivity index is 1.67. The van der Waals surface area contributed by atoms with Gasteiger partial charge in [-0.1, -0.05) is 23.4 Å². The molecule has 0 aliphatic heterocycles. The highest BCUT2D eigenvalue weighted by molar-refractivity contribution is 5.32. The van der Waals surface area contributed by atoms with Crippen molar-refractivity contribution in [3.05, 3.63) is 54.2 Å². The lowest BCUT2D eigenvalue weighted by molar-refractivity contribution is 0.0773. The fourth-order valence-electron chi connectivity index (χ4n) is 2.17. The van der Waals surface area contributed by atoms with Crippen LogP contribution in [0.2, 0.25) is 0 Å². The molecule has 0 saturated heterocycles. The van der Waals surface area contributed by atoms with Crippen LogP contribution in [0.4, 0.5) is 0 Å². The third-order valence-electron chi connectivity index (χ3n) is 3.25. The highest BCUT2D eigenvalue weighted by Gasteiger charge is 2.12. The molecule has 0 amide bonds. The fraction of sp³-hybridized carbons (Fsp3) is 0.375. The molecule has 0 atom stereocenters. The lowest BCUT2D eigenvalue weighted by atomic mass is 10.3. The van der Waals surface area contributed by atoms with Gasteiger partial charge < -0.3 is 9.26 Å². The van der Waals surface area contributed by atoms with E-state index in [9.17, 15) is 0 Å². The van der Waals surface area contributed by atoms with Crippen LogP contribution >= 0.6 is 0 Å². The van der Waals surface area contributed by atoms with Crippen molar-refractivity contribution < 1.29 is 9.26 Å². The molecule has 2 aromatic heterocycles. The minimum atomic E-state index is 0.196. The van der Waals surface area contributed by atoms with Crippen molar-refractivity contribution in [1.82, 2.24) is 24.9 Å². The number of para-hydroxylation sites is 1. The largest absolute Gasteiger partial charge is 0.378 e. The SMILES string of the molecule is CC(C)OCCc1nc(Cc2nncn2-c2ccccc2)no1. The second kappa shape index (κ2) is 7.15. The highest BCUT2D eigenvalue weighted by Crippen LogP contribution is 2.12. The number of hydrogen-bond acceptors (Lipinski definition) is 6. The summed E-state index contributed by atoms with van der Waals surface area (Å²) >= 11 is 0. The number of aromatic nitrogens is 5. The van der Waals surface area contributed by atoms with E-state index in [4.69, 9.17) is 9.26 Å². The fourth-order valence-corrected chi connectivity index (χ4v) is 2.17. The Bertz CT molecular complexity index is 736. The van der Waals surface area contributed by atoms with Crippen molar-refractivity contribution in [2.75, 3.05) is 6.61 Å². The summed E-state index contributed by atoms with van der Waals surface area (Å²) in [4.78, 5) is 4.38. The molecule has 0 N–H and O–H groups in total. The Kier molecular flexibility index (Phi) is 4.77. The zero-order valence-electron chi connectivity index (χ0n) is 13.2. The van der Waals surface area contributed by atoms with Crippen LogP contribution in [0.3, 0.4) is 0 Å². The van der Waals surface area contributed by atoms with E-state index in [-0.39, 0.29) is 6.10 Å². The van der Waals surface area contributed by atoms with Gasteiger partial charge in [-0.15, -0.1) is 10.2 Å². The molecule has 0 fully saturated rings. The van der Waals surface area contributed by atoms with Gasteiger partial charge in [-0.2, -0.15) is 4.98 Å². The molecular weight excluding hydrogens is 294 g/mol. The number of hydrogen-bond donors (Lipinski definition) is 0. The van der Waals surface area contributed by atoms with Crippen molar-refractivity contribution >= 4 is 0 Å². The van der Waals surface area contributed by atoms with Crippen LogP contribution in [0.15, 0.2) is 41.2 Å². The van der Waals surface area contributed by atoms with Crippen LogP contribution in [-0.4, -0.2) is 37.6 Å². The number of ether oxygens (including phenoxy) is 1. The van der Waals surface area contributed by atoms with Crippen LogP contribution in [0.1, 0.15) is 31.4 Å². The molecule has 0 bridgehead atoms. The number of rotatable bonds is 7. The van der Waals surface area contributed by atoms with Gasteiger partial charge in [0.1, 0.15) is 12.2 Å². The molecule has 0 saturated carbocycles. The normalized spacial score (nSPS) is 11.3. The molecule has 0 unspecified atom stereocenters. The average molecular weight is 313 g/mol. The molecule has 23 heavy (non-hydrogen) atoms. The molecule has 7 nitrogen and oxygen atoms in total. The van der Waals surface area contributed by atoms with Crippen molar-refractivity contribution in [1.29, 1.82) is 0 Å². The molecule has 0 spiro atoms. The first kappa shape index (κ1) is 15.4. The van der Waals surface area contributed by atoms with Crippen molar-refractivity contribution in [3.63, 3.8) is 0 Å². The summed E-state index contributed by atoms with van der Waals surface area (Å²) in [5, 5.41) is 12.1. The summed E-state index contributed by atoms with van der Waals surface area (Å²) < 4.78 is 12.6. The monoisotopic (exact) mass is 313 g/mol. The van der Waals surface area contributed by atoms with Gasteiger partial charge in [0.2, 0.25) is 5.89 Å². The lowest BCUT2D eigenvalue weighted by Gasteiger charge is -2.04. The second-order valence-corrected chi connectivity index (χ2v) is 5.40. The Morgan fingerprint density at radius 3 is 2.83 bits per heavy atom. The molecular formula is C16H19N5O2. The first-order chi connectivity index (χ1) is 11.2. The molecule has 2 heterocycles. The van der Waals surface area contributed by atoms with Gasteiger partial charge in [0.25, 0.3) is 0 Å². The van der Waals surface area contributed by atoms with Crippen LogP contribution in [0.5, 0.6) is 0 Å². The summed E-state index contributed by atoms with van der Waals surface area (Å²) in [5.41, 5.74) is 1.00. The highest BCUT2D eigenvalue weighted by atomic mass is 16.5. The maximum absolute atomic E-state index is 5.48. The molecule has 0 radical (unpaired) electrons. The molecule has 0 aliphatic carbocycles. The molecule has 3 rings (SSSR count). The maximum atomic E-state index is 5.48. The second-order valence-electron chi connectivity index (χ2n) is 5.40. The Morgan fingerprint density at radius 2 is 2.04 bits per heavy atom. The summed E-state index contributed by atoms with van der Waals surface area (Å²) in [6.07, 6.45) is 2.95. The summed E-state index contributed by atoms with van der Waals surface area (Å²) in [5.74, 6) is 1.93. The van der Waals surface area contributed by atoms with Gasteiger partial charge in [-0.05, 0) is 26.0 Å². The predicted molar refractivity (Wildman–Crippen MR) is 83.3 cm³/mol. The van der Waals surface area contributed by atoms with Crippen molar-refractivity contribution in [3.8, 4) is 5.69 Å². The summed E-state index contributed by atoms with van der Waals surface area (Å²) in [7, 11) is 0. The first-order valence-electron chi connectivity index (χ1n) is 7.60. The van der Waals surface area contributed by atoms with Gasteiger partial charge >= 0.3 is 0 Å². The predicted octanol–water partition coefficient (Wildman–Crippen LogP) is 2.21. The van der Waals surface area contributed by atoms with E-state index in [1.54, 1.807) is 6.33 Å². The smallest absolute Gasteiger partial charge is 0.228 e. The molecule has 3 aromatic rings. The van der Waals surface area contributed by atoms with Gasteiger partial charge in [0.05, 0.1) is 25.6 Å². The van der Waals surface area contributed by atoms with Gasteiger partial charge in [-0.25, -0.2) is 0 Å². The molecule has 1 aromatic carbocycles. The van der Waals surface area contributed by atoms with Crippen LogP contribution in [-0.2, 0) is 17.6 Å². The van der Waals surface area contributed by atoms with Gasteiger partial charge in [0.15, 0.2) is 5.82 Å². The van der Waals surface area contributed by atoms with E-state index in [2.05, 4.69) is 20.3 Å². The average Bonchev–Trinajstić information content (AvgIpc) is 3.18. The molecule has 120 valence electrons. The van der Waals surface area contributed by atoms with E-state index >= 15 is 0 Å². The minimum Gasteiger partial charge on any atom is -0.378 e. The van der Waals surface area contributed by atoms with Crippen molar-refractivity contribution in [2.45, 2.75) is 32.8 Å². The topological polar surface area (TPSA) is 78.9 Å². The van der Waals surface area contributed by atoms with E-state index in [0.717, 1.165) is 11.5 Å². The van der Waals surface area contributed by atoms with E-state index in [1.165, 1.54) is 0 Å². The number of benzene rings is 1. The first-order valence-corrected chi connectivity index (χ1v) is 7.60. The quantitative estimate of drug-likeness (QED) is 0.665. The van der Waals surface area contributed by atoms with E-state index in [1.807, 2.05) is 48.7 Å². The number of nitrogens with zero attached hydrogens (tertiary/aromatic N) is 5. The maximum Gasteiger partial charge on any atom is 0.228 e.